The average molecular weight is 163 g/mol. The van der Waals surface area contributed by atoms with Crippen LogP contribution in [0.2, 0.25) is 0 Å². The van der Waals surface area contributed by atoms with E-state index in [1.165, 1.54) is 0 Å². The predicted octanol–water partition coefficient (Wildman–Crippen LogP) is 2.17. The minimum atomic E-state index is 0.111. The molecule has 1 nitrogen and oxygen atoms in total. The zero-order valence-corrected chi connectivity index (χ0v) is 6.36. The van der Waals surface area contributed by atoms with Crippen LogP contribution in [-0.4, -0.2) is 12.2 Å². The molecule has 9 heavy (non-hydrogen) atoms. The van der Waals surface area contributed by atoms with Crippen LogP contribution in [0.15, 0.2) is 22.9 Å². The Labute approximate surface area is 63.3 Å². The maximum atomic E-state index is 9.04. The van der Waals surface area contributed by atoms with Crippen molar-refractivity contribution in [2.75, 3.05) is 5.88 Å². The average Bonchev–Trinajstić information content (AvgIpc) is 2.43. The molecule has 3 heteroatoms. The first-order valence-corrected chi connectivity index (χ1v) is 3.86. The fourth-order valence-corrected chi connectivity index (χ4v) is 0.680. The van der Waals surface area contributed by atoms with Gasteiger partial charge in [0.15, 0.2) is 0 Å². The molecule has 0 unspecified atom stereocenters. The van der Waals surface area contributed by atoms with Gasteiger partial charge in [0.05, 0.1) is 5.88 Å². The molecule has 0 radical (unpaired) electrons. The summed E-state index contributed by atoms with van der Waals surface area (Å²) < 4.78 is 0. The highest BCUT2D eigenvalue weighted by molar-refractivity contribution is 7.07. The summed E-state index contributed by atoms with van der Waals surface area (Å²) in [5.74, 6) is 0.111. The molecule has 0 saturated carbocycles. The van der Waals surface area contributed by atoms with Gasteiger partial charge in [-0.25, -0.2) is 0 Å². The first-order chi connectivity index (χ1) is 4.41. The van der Waals surface area contributed by atoms with Crippen LogP contribution in [-0.2, 0) is 4.79 Å². The molecule has 1 aromatic heterocycles. The molecule has 0 saturated heterocycles. The molecule has 0 aliphatic carbocycles. The lowest BCUT2D eigenvalue weighted by Gasteiger charge is -1.49. The lowest BCUT2D eigenvalue weighted by Crippen LogP contribution is -1.63. The summed E-state index contributed by atoms with van der Waals surface area (Å²) in [6, 6.07) is 4.04. The van der Waals surface area contributed by atoms with Crippen LogP contribution in [0.25, 0.3) is 0 Å². The Kier molecular flexibility index (Phi) is 7.37. The van der Waals surface area contributed by atoms with Gasteiger partial charge in [-0.3, -0.25) is 0 Å². The number of alkyl halides is 1. The van der Waals surface area contributed by atoms with E-state index in [2.05, 4.69) is 0 Å². The van der Waals surface area contributed by atoms with Gasteiger partial charge in [0, 0.05) is 0 Å². The molecule has 1 aromatic rings. The van der Waals surface area contributed by atoms with Crippen molar-refractivity contribution in [3.05, 3.63) is 22.9 Å². The Bertz CT molecular complexity index is 110. The standard InChI is InChI=1S/C4H4S.C2H3ClO/c1-2-4-5-3-1;3-1-2-4/h1-4H;2H,1H2. The number of hydrogen-bond donors (Lipinski definition) is 0. The van der Waals surface area contributed by atoms with Crippen molar-refractivity contribution < 1.29 is 4.79 Å². The second-order valence-electron chi connectivity index (χ2n) is 1.11. The van der Waals surface area contributed by atoms with E-state index in [1.807, 2.05) is 22.9 Å². The van der Waals surface area contributed by atoms with Gasteiger partial charge in [0.2, 0.25) is 0 Å². The fraction of sp³-hybridized carbons (Fsp3) is 0.167. The molecule has 0 N–H and O–H groups in total. The van der Waals surface area contributed by atoms with Crippen molar-refractivity contribution in [3.8, 4) is 0 Å². The normalized spacial score (nSPS) is 7.22. The number of aldehydes is 1. The van der Waals surface area contributed by atoms with Crippen LogP contribution in [0.3, 0.4) is 0 Å². The first kappa shape index (κ1) is 8.66. The quantitative estimate of drug-likeness (QED) is 0.457. The van der Waals surface area contributed by atoms with Crippen LogP contribution in [0.5, 0.6) is 0 Å². The third-order valence-electron chi connectivity index (χ3n) is 0.488. The van der Waals surface area contributed by atoms with E-state index in [0.717, 1.165) is 0 Å². The molecule has 0 amide bonds. The number of carbonyl (C=O) groups is 1. The van der Waals surface area contributed by atoms with Crippen molar-refractivity contribution in [2.45, 2.75) is 0 Å². The third kappa shape index (κ3) is 7.66. The maximum absolute atomic E-state index is 9.04. The summed E-state index contributed by atoms with van der Waals surface area (Å²) >= 11 is 6.53. The predicted molar refractivity (Wildman–Crippen MR) is 41.1 cm³/mol. The van der Waals surface area contributed by atoms with Crippen molar-refractivity contribution in [2.24, 2.45) is 0 Å². The summed E-state index contributed by atoms with van der Waals surface area (Å²) in [5.41, 5.74) is 0. The number of carbonyl (C=O) groups excluding carboxylic acids is 1. The summed E-state index contributed by atoms with van der Waals surface area (Å²) in [7, 11) is 0. The highest BCUT2D eigenvalue weighted by Gasteiger charge is 1.58. The molecule has 0 bridgehead atoms. The smallest absolute Gasteiger partial charge is 0.134 e. The SMILES string of the molecule is O=CCCl.c1ccsc1. The lowest BCUT2D eigenvalue weighted by molar-refractivity contribution is -0.105. The molecular weight excluding hydrogens is 156 g/mol. The zero-order chi connectivity index (χ0) is 6.95. The highest BCUT2D eigenvalue weighted by Crippen LogP contribution is 1.91. The Morgan fingerprint density at radius 2 is 1.89 bits per heavy atom. The molecule has 0 aromatic carbocycles. The summed E-state index contributed by atoms with van der Waals surface area (Å²) in [6.07, 6.45) is 0.640. The lowest BCUT2D eigenvalue weighted by atomic mass is 10.7. The molecule has 1 rings (SSSR count). The van der Waals surface area contributed by atoms with Crippen molar-refractivity contribution in [3.63, 3.8) is 0 Å². The van der Waals surface area contributed by atoms with Gasteiger partial charge < -0.3 is 4.79 Å². The zero-order valence-electron chi connectivity index (χ0n) is 4.79. The van der Waals surface area contributed by atoms with Gasteiger partial charge in [-0.2, -0.15) is 11.3 Å². The summed E-state index contributed by atoms with van der Waals surface area (Å²) in [6.45, 7) is 0. The topological polar surface area (TPSA) is 17.1 Å². The van der Waals surface area contributed by atoms with E-state index in [4.69, 9.17) is 16.4 Å². The van der Waals surface area contributed by atoms with Gasteiger partial charge in [0.25, 0.3) is 0 Å². The van der Waals surface area contributed by atoms with E-state index >= 15 is 0 Å². The van der Waals surface area contributed by atoms with Crippen molar-refractivity contribution in [1.29, 1.82) is 0 Å². The minimum absolute atomic E-state index is 0.111. The number of rotatable bonds is 1. The van der Waals surface area contributed by atoms with E-state index in [-0.39, 0.29) is 5.88 Å². The largest absolute Gasteiger partial charge is 0.302 e. The minimum Gasteiger partial charge on any atom is -0.302 e. The van der Waals surface area contributed by atoms with Gasteiger partial charge in [0.1, 0.15) is 6.29 Å². The van der Waals surface area contributed by atoms with Crippen LogP contribution in [0.1, 0.15) is 0 Å². The molecule has 50 valence electrons. The molecular formula is C6H7ClOS. The highest BCUT2D eigenvalue weighted by atomic mass is 35.5. The Morgan fingerprint density at radius 1 is 1.44 bits per heavy atom. The third-order valence-corrected chi connectivity index (χ3v) is 1.24. The number of halogens is 1. The molecule has 0 fully saturated rings. The van der Waals surface area contributed by atoms with Gasteiger partial charge in [-0.1, -0.05) is 12.1 Å². The molecule has 0 aliphatic rings. The molecule has 0 spiro atoms. The van der Waals surface area contributed by atoms with Crippen molar-refractivity contribution in [1.82, 2.24) is 0 Å². The number of thiophene rings is 1. The number of hydrogen-bond acceptors (Lipinski definition) is 2. The fourth-order valence-electron chi connectivity index (χ4n) is 0.227. The van der Waals surface area contributed by atoms with E-state index in [9.17, 15) is 0 Å². The monoisotopic (exact) mass is 162 g/mol. The Balaban J connectivity index is 0.000000148. The second-order valence-corrected chi connectivity index (χ2v) is 2.24. The van der Waals surface area contributed by atoms with Gasteiger partial charge in [-0.15, -0.1) is 11.6 Å². The second kappa shape index (κ2) is 7.66. The Morgan fingerprint density at radius 3 is 2.00 bits per heavy atom. The van der Waals surface area contributed by atoms with Gasteiger partial charge >= 0.3 is 0 Å². The first-order valence-electron chi connectivity index (χ1n) is 2.38. The van der Waals surface area contributed by atoms with Crippen LogP contribution in [0, 0.1) is 0 Å². The molecule has 0 aliphatic heterocycles. The van der Waals surface area contributed by atoms with Crippen LogP contribution in [0.4, 0.5) is 0 Å². The maximum Gasteiger partial charge on any atom is 0.134 e. The van der Waals surface area contributed by atoms with Crippen LogP contribution < -0.4 is 0 Å². The molecule has 0 atom stereocenters. The molecule has 1 heterocycles. The van der Waals surface area contributed by atoms with Gasteiger partial charge in [-0.05, 0) is 10.8 Å². The van der Waals surface area contributed by atoms with E-state index < -0.39 is 0 Å². The summed E-state index contributed by atoms with van der Waals surface area (Å²) in [4.78, 5) is 9.04. The summed E-state index contributed by atoms with van der Waals surface area (Å²) in [5, 5.41) is 4.08. The Hall–Kier alpha value is -0.340. The van der Waals surface area contributed by atoms with E-state index in [1.54, 1.807) is 11.3 Å². The van der Waals surface area contributed by atoms with E-state index in [0.29, 0.717) is 6.29 Å². The van der Waals surface area contributed by atoms with Crippen LogP contribution >= 0.6 is 22.9 Å². The van der Waals surface area contributed by atoms with Crippen molar-refractivity contribution >= 4 is 29.2 Å².